The van der Waals surface area contributed by atoms with Crippen LogP contribution in [0.4, 0.5) is 10.1 Å². The van der Waals surface area contributed by atoms with Gasteiger partial charge in [-0.25, -0.2) is 4.39 Å². The first kappa shape index (κ1) is 41.1. The number of halogens is 1. The van der Waals surface area contributed by atoms with Gasteiger partial charge < -0.3 is 9.80 Å². The maximum Gasteiger partial charge on any atom is 0.123 e. The number of aryl methyl sites for hydroxylation is 2. The Morgan fingerprint density at radius 2 is 1.55 bits per heavy atom. The van der Waals surface area contributed by atoms with Gasteiger partial charge in [-0.3, -0.25) is 0 Å². The lowest BCUT2D eigenvalue weighted by Crippen LogP contribution is -2.32. The van der Waals surface area contributed by atoms with Crippen LogP contribution in [0.3, 0.4) is 0 Å². The highest BCUT2D eigenvalue weighted by Crippen LogP contribution is 2.40. The summed E-state index contributed by atoms with van der Waals surface area (Å²) in [5, 5.41) is 0. The molecule has 1 aliphatic rings. The Bertz CT molecular complexity index is 1140. The van der Waals surface area contributed by atoms with Crippen molar-refractivity contribution in [2.24, 2.45) is 5.92 Å². The number of hydrogen-bond donors (Lipinski definition) is 0. The molecule has 0 bridgehead atoms. The number of likely N-dealkylation sites (N-methyl/N-ethyl adjacent to an activating group) is 1. The Labute approximate surface area is 260 Å². The molecular weight excluding hydrogens is 515 g/mol. The van der Waals surface area contributed by atoms with Crippen molar-refractivity contribution < 1.29 is 4.39 Å². The second-order valence-electron chi connectivity index (χ2n) is 10.1. The van der Waals surface area contributed by atoms with Gasteiger partial charge in [0.2, 0.25) is 0 Å². The zero-order chi connectivity index (χ0) is 33.0. The molecule has 42 heavy (non-hydrogen) atoms. The van der Waals surface area contributed by atoms with Crippen LogP contribution in [0.25, 0.3) is 5.57 Å². The number of fused-ring (bicyclic) bond motifs is 1. The Morgan fingerprint density at radius 1 is 0.976 bits per heavy atom. The fraction of sp³-hybridized carbons (Fsp3) is 0.487. The highest BCUT2D eigenvalue weighted by Gasteiger charge is 2.28. The van der Waals surface area contributed by atoms with Crippen LogP contribution in [-0.2, 0) is 6.54 Å². The lowest BCUT2D eigenvalue weighted by molar-refractivity contribution is 0.316. The summed E-state index contributed by atoms with van der Waals surface area (Å²) in [5.74, 6) is 0.373. The summed E-state index contributed by atoms with van der Waals surface area (Å²) in [6, 6.07) is 11.6. The van der Waals surface area contributed by atoms with Crippen molar-refractivity contribution in [3.05, 3.63) is 107 Å². The maximum absolute atomic E-state index is 14.2. The molecule has 0 saturated heterocycles. The smallest absolute Gasteiger partial charge is 0.123 e. The molecule has 2 aromatic rings. The third-order valence-electron chi connectivity index (χ3n) is 6.61. The molecule has 236 valence electrons. The third kappa shape index (κ3) is 11.7. The van der Waals surface area contributed by atoms with E-state index in [1.807, 2.05) is 67.7 Å². The topological polar surface area (TPSA) is 6.48 Å². The van der Waals surface area contributed by atoms with E-state index in [0.717, 1.165) is 58.9 Å². The zero-order valence-corrected chi connectivity index (χ0v) is 29.7. The summed E-state index contributed by atoms with van der Waals surface area (Å²) < 4.78 is 14.2. The average molecular weight is 579 g/mol. The first-order valence-electron chi connectivity index (χ1n) is 16.2. The predicted octanol–water partition coefficient (Wildman–Crippen LogP) is 12.3. The summed E-state index contributed by atoms with van der Waals surface area (Å²) in [6.45, 7) is 37.3. The molecule has 2 nitrogen and oxygen atoms in total. The summed E-state index contributed by atoms with van der Waals surface area (Å²) in [7, 11) is 2.04. The first-order chi connectivity index (χ1) is 20.1. The van der Waals surface area contributed by atoms with Crippen LogP contribution in [0.1, 0.15) is 111 Å². The van der Waals surface area contributed by atoms with Crippen molar-refractivity contribution in [3.63, 3.8) is 0 Å². The van der Waals surface area contributed by atoms with Crippen LogP contribution in [-0.4, -0.2) is 18.5 Å². The molecule has 0 unspecified atom stereocenters. The first-order valence-corrected chi connectivity index (χ1v) is 16.2. The van der Waals surface area contributed by atoms with Gasteiger partial charge in [-0.1, -0.05) is 113 Å². The number of rotatable bonds is 7. The lowest BCUT2D eigenvalue weighted by Gasteiger charge is -2.38. The largest absolute Gasteiger partial charge is 0.366 e. The van der Waals surface area contributed by atoms with Crippen molar-refractivity contribution in [3.8, 4) is 0 Å². The second-order valence-corrected chi connectivity index (χ2v) is 10.1. The van der Waals surface area contributed by atoms with E-state index in [2.05, 4.69) is 88.8 Å². The van der Waals surface area contributed by atoms with Crippen LogP contribution in [0.15, 0.2) is 78.7 Å². The van der Waals surface area contributed by atoms with E-state index in [-0.39, 0.29) is 5.82 Å². The van der Waals surface area contributed by atoms with Gasteiger partial charge in [-0.05, 0) is 79.6 Å². The minimum absolute atomic E-state index is 0.214. The molecule has 3 rings (SSSR count). The van der Waals surface area contributed by atoms with Crippen molar-refractivity contribution in [1.29, 1.82) is 0 Å². The number of nitrogens with zero attached hydrogens (tertiary/aromatic N) is 2. The minimum Gasteiger partial charge on any atom is -0.366 e. The van der Waals surface area contributed by atoms with E-state index in [0.29, 0.717) is 5.92 Å². The molecule has 1 aliphatic heterocycles. The molecule has 3 heteroatoms. The van der Waals surface area contributed by atoms with Gasteiger partial charge in [0.1, 0.15) is 5.82 Å². The second kappa shape index (κ2) is 22.5. The summed E-state index contributed by atoms with van der Waals surface area (Å²) in [5.41, 5.74) is 9.65. The molecule has 0 amide bonds. The van der Waals surface area contributed by atoms with E-state index >= 15 is 0 Å². The molecule has 0 radical (unpaired) electrons. The van der Waals surface area contributed by atoms with Crippen molar-refractivity contribution in [2.75, 3.05) is 18.5 Å². The molecule has 0 aromatic heterocycles. The fourth-order valence-electron chi connectivity index (χ4n) is 4.35. The van der Waals surface area contributed by atoms with Gasteiger partial charge in [0.05, 0.1) is 5.70 Å². The van der Waals surface area contributed by atoms with E-state index in [1.54, 1.807) is 12.1 Å². The molecular formula is C39H63FN2. The summed E-state index contributed by atoms with van der Waals surface area (Å²) >= 11 is 0. The minimum atomic E-state index is -0.214. The fourth-order valence-corrected chi connectivity index (χ4v) is 4.35. The van der Waals surface area contributed by atoms with Gasteiger partial charge in [-0.15, -0.1) is 0 Å². The molecule has 0 atom stereocenters. The Balaban J connectivity index is 0. The van der Waals surface area contributed by atoms with Crippen LogP contribution < -0.4 is 4.90 Å². The highest BCUT2D eigenvalue weighted by atomic mass is 19.1. The molecule has 1 heterocycles. The van der Waals surface area contributed by atoms with E-state index < -0.39 is 0 Å². The molecule has 0 spiro atoms. The summed E-state index contributed by atoms with van der Waals surface area (Å²) in [4.78, 5) is 4.53. The Morgan fingerprint density at radius 3 is 2.02 bits per heavy atom. The molecule has 2 aromatic carbocycles. The van der Waals surface area contributed by atoms with Crippen molar-refractivity contribution in [2.45, 2.75) is 109 Å². The number of anilines is 1. The summed E-state index contributed by atoms with van der Waals surface area (Å²) in [6.07, 6.45) is 6.30. The van der Waals surface area contributed by atoms with Crippen LogP contribution in [0.5, 0.6) is 0 Å². The average Bonchev–Trinajstić information content (AvgIpc) is 3.00. The van der Waals surface area contributed by atoms with Gasteiger partial charge >= 0.3 is 0 Å². The van der Waals surface area contributed by atoms with Gasteiger partial charge in [0.25, 0.3) is 0 Å². The van der Waals surface area contributed by atoms with Crippen LogP contribution >= 0.6 is 0 Å². The number of benzene rings is 2. The molecule has 0 saturated carbocycles. The van der Waals surface area contributed by atoms with Gasteiger partial charge in [-0.2, -0.15) is 0 Å². The molecule has 0 N–H and O–H groups in total. The van der Waals surface area contributed by atoms with Crippen LogP contribution in [0.2, 0.25) is 0 Å². The monoisotopic (exact) mass is 578 g/mol. The van der Waals surface area contributed by atoms with Crippen molar-refractivity contribution in [1.82, 2.24) is 4.90 Å². The van der Waals surface area contributed by atoms with Crippen LogP contribution in [0, 0.1) is 25.6 Å². The SMILES string of the molecule is C=C/C(C(=C)N(C)c1ccc(C)c(C)c1)=C1\C(=C/C)c2cc(F)ccc2CN1CCC(C)C.CC.CC.CC.CCC. The Kier molecular flexibility index (Phi) is 22.0. The predicted molar refractivity (Wildman–Crippen MR) is 191 cm³/mol. The van der Waals surface area contributed by atoms with E-state index in [4.69, 9.17) is 0 Å². The normalized spacial score (nSPS) is 13.5. The van der Waals surface area contributed by atoms with Crippen molar-refractivity contribution >= 4 is 11.3 Å². The van der Waals surface area contributed by atoms with Gasteiger partial charge in [0.15, 0.2) is 0 Å². The number of hydrogen-bond acceptors (Lipinski definition) is 2. The van der Waals surface area contributed by atoms with E-state index in [1.165, 1.54) is 17.5 Å². The van der Waals surface area contributed by atoms with Gasteiger partial charge in [0, 0.05) is 42.7 Å². The maximum atomic E-state index is 14.2. The highest BCUT2D eigenvalue weighted by molar-refractivity contribution is 5.84. The Hall–Kier alpha value is -3.07. The molecule has 0 aliphatic carbocycles. The van der Waals surface area contributed by atoms with E-state index in [9.17, 15) is 4.39 Å². The standard InChI is InChI=1S/C30H37FN2.C3H8.3C2H6/c1-9-27(23(7)32(8)26-14-11-21(5)22(6)17-26)30-28(10-2)29-18-25(31)13-12-24(29)19-33(30)16-15-20(3)4;1-3-2;3*1-2/h9-14,17-18,20H,1,7,15-16,19H2,2-6,8H3;3H2,1-2H3;3*1-2H3/b28-10-,30-27-;;;;. The zero-order valence-electron chi connectivity index (χ0n) is 29.7. The molecule has 0 fully saturated rings. The quantitative estimate of drug-likeness (QED) is 0.322. The number of allylic oxidation sites excluding steroid dienone is 3. The lowest BCUT2D eigenvalue weighted by atomic mass is 9.88. The third-order valence-corrected chi connectivity index (χ3v) is 6.61.